The van der Waals surface area contributed by atoms with Crippen molar-refractivity contribution < 1.29 is 4.79 Å². The first-order valence-corrected chi connectivity index (χ1v) is 6.16. The zero-order valence-electron chi connectivity index (χ0n) is 10.7. The average Bonchev–Trinajstić information content (AvgIpc) is 2.85. The molecule has 0 spiro atoms. The number of rotatable bonds is 3. The molecule has 0 aromatic carbocycles. The van der Waals surface area contributed by atoms with Gasteiger partial charge in [0.05, 0.1) is 11.3 Å². The Hall–Kier alpha value is -1.36. The lowest BCUT2D eigenvalue weighted by atomic mass is 10.1. The van der Waals surface area contributed by atoms with Crippen molar-refractivity contribution in [1.82, 2.24) is 20.4 Å². The van der Waals surface area contributed by atoms with Gasteiger partial charge in [-0.2, -0.15) is 5.10 Å². The van der Waals surface area contributed by atoms with E-state index < -0.39 is 0 Å². The molecule has 17 heavy (non-hydrogen) atoms. The molecule has 2 unspecified atom stereocenters. The highest BCUT2D eigenvalue weighted by Crippen LogP contribution is 2.11. The predicted molar refractivity (Wildman–Crippen MR) is 65.9 cm³/mol. The molecule has 5 heteroatoms. The molecule has 1 saturated heterocycles. The lowest BCUT2D eigenvalue weighted by Gasteiger charge is -2.15. The summed E-state index contributed by atoms with van der Waals surface area (Å²) in [7, 11) is 1.84. The zero-order chi connectivity index (χ0) is 12.4. The average molecular weight is 236 g/mol. The second kappa shape index (κ2) is 4.87. The van der Waals surface area contributed by atoms with E-state index in [9.17, 15) is 4.79 Å². The highest BCUT2D eigenvalue weighted by molar-refractivity contribution is 5.95. The van der Waals surface area contributed by atoms with E-state index in [1.165, 1.54) is 0 Å². The van der Waals surface area contributed by atoms with Crippen molar-refractivity contribution in [3.63, 3.8) is 0 Å². The van der Waals surface area contributed by atoms with E-state index in [0.717, 1.165) is 25.2 Å². The summed E-state index contributed by atoms with van der Waals surface area (Å²) in [5, 5.41) is 10.6. The molecule has 1 aromatic rings. The molecule has 0 saturated carbocycles. The van der Waals surface area contributed by atoms with Gasteiger partial charge in [0.1, 0.15) is 0 Å². The molecule has 1 aliphatic rings. The minimum absolute atomic E-state index is 0.00417. The fourth-order valence-corrected chi connectivity index (χ4v) is 2.23. The fourth-order valence-electron chi connectivity index (χ4n) is 2.23. The minimum atomic E-state index is -0.00417. The zero-order valence-corrected chi connectivity index (χ0v) is 10.7. The molecule has 2 N–H and O–H groups in total. The van der Waals surface area contributed by atoms with Gasteiger partial charge in [0, 0.05) is 25.8 Å². The Morgan fingerprint density at radius 1 is 1.65 bits per heavy atom. The van der Waals surface area contributed by atoms with Crippen molar-refractivity contribution in [3.05, 3.63) is 17.5 Å². The monoisotopic (exact) mass is 236 g/mol. The van der Waals surface area contributed by atoms with E-state index in [2.05, 4.69) is 22.7 Å². The van der Waals surface area contributed by atoms with Gasteiger partial charge in [-0.05, 0) is 18.9 Å². The first-order chi connectivity index (χ1) is 8.11. The van der Waals surface area contributed by atoms with Crippen LogP contribution in [0.25, 0.3) is 0 Å². The van der Waals surface area contributed by atoms with Gasteiger partial charge in [-0.1, -0.05) is 13.8 Å². The van der Waals surface area contributed by atoms with E-state index >= 15 is 0 Å². The number of aryl methyl sites for hydroxylation is 2. The Kier molecular flexibility index (Phi) is 3.47. The molecule has 94 valence electrons. The van der Waals surface area contributed by atoms with Crippen LogP contribution < -0.4 is 10.6 Å². The van der Waals surface area contributed by atoms with E-state index in [1.807, 2.05) is 14.0 Å². The molecule has 0 aliphatic carbocycles. The van der Waals surface area contributed by atoms with Crippen LogP contribution in [0.3, 0.4) is 0 Å². The summed E-state index contributed by atoms with van der Waals surface area (Å²) < 4.78 is 1.70. The second-order valence-corrected chi connectivity index (χ2v) is 4.73. The van der Waals surface area contributed by atoms with Crippen LogP contribution in [0, 0.1) is 5.92 Å². The summed E-state index contributed by atoms with van der Waals surface area (Å²) >= 11 is 0. The van der Waals surface area contributed by atoms with Crippen molar-refractivity contribution in [1.29, 1.82) is 0 Å². The van der Waals surface area contributed by atoms with Crippen LogP contribution in [0.5, 0.6) is 0 Å². The van der Waals surface area contributed by atoms with Gasteiger partial charge >= 0.3 is 0 Å². The highest BCUT2D eigenvalue weighted by Gasteiger charge is 2.26. The van der Waals surface area contributed by atoms with Gasteiger partial charge in [-0.15, -0.1) is 0 Å². The number of nitrogens with zero attached hydrogens (tertiary/aromatic N) is 2. The van der Waals surface area contributed by atoms with Crippen molar-refractivity contribution in [2.75, 3.05) is 13.1 Å². The number of aromatic nitrogens is 2. The highest BCUT2D eigenvalue weighted by atomic mass is 16.1. The topological polar surface area (TPSA) is 59.0 Å². The van der Waals surface area contributed by atoms with Crippen molar-refractivity contribution in [3.8, 4) is 0 Å². The van der Waals surface area contributed by atoms with E-state index in [4.69, 9.17) is 0 Å². The number of hydrogen-bond acceptors (Lipinski definition) is 3. The summed E-state index contributed by atoms with van der Waals surface area (Å²) in [5.74, 6) is 0.483. The largest absolute Gasteiger partial charge is 0.348 e. The molecule has 0 radical (unpaired) electrons. The molecule has 1 fully saturated rings. The van der Waals surface area contributed by atoms with Gasteiger partial charge in [0.25, 0.3) is 5.91 Å². The maximum absolute atomic E-state index is 12.1. The Morgan fingerprint density at radius 3 is 3.00 bits per heavy atom. The minimum Gasteiger partial charge on any atom is -0.348 e. The van der Waals surface area contributed by atoms with E-state index in [1.54, 1.807) is 10.9 Å². The number of nitrogens with one attached hydrogen (secondary N) is 2. The molecule has 2 atom stereocenters. The maximum Gasteiger partial charge on any atom is 0.255 e. The number of carbonyl (C=O) groups excluding carboxylic acids is 1. The summed E-state index contributed by atoms with van der Waals surface area (Å²) in [6.45, 7) is 5.99. The van der Waals surface area contributed by atoms with Crippen LogP contribution in [0.15, 0.2) is 6.20 Å². The van der Waals surface area contributed by atoms with Crippen LogP contribution in [-0.2, 0) is 13.5 Å². The quantitative estimate of drug-likeness (QED) is 0.794. The van der Waals surface area contributed by atoms with E-state index in [0.29, 0.717) is 11.5 Å². The molecule has 2 heterocycles. The van der Waals surface area contributed by atoms with Gasteiger partial charge in [-0.3, -0.25) is 9.48 Å². The Balaban J connectivity index is 2.08. The first-order valence-electron chi connectivity index (χ1n) is 6.16. The van der Waals surface area contributed by atoms with E-state index in [-0.39, 0.29) is 11.9 Å². The molecule has 0 bridgehead atoms. The number of carbonyl (C=O) groups is 1. The predicted octanol–water partition coefficient (Wildman–Crippen LogP) is 0.320. The smallest absolute Gasteiger partial charge is 0.255 e. The van der Waals surface area contributed by atoms with Crippen LogP contribution in [-0.4, -0.2) is 34.8 Å². The van der Waals surface area contributed by atoms with Crippen molar-refractivity contribution in [2.24, 2.45) is 13.0 Å². The third-order valence-corrected chi connectivity index (χ3v) is 3.32. The molecular formula is C12H20N4O. The Labute approximate surface area is 102 Å². The normalized spacial score (nSPS) is 23.9. The van der Waals surface area contributed by atoms with Crippen LogP contribution >= 0.6 is 0 Å². The SMILES string of the molecule is CCc1nn(C)cc1C(=O)NC1CNCC1C. The molecule has 1 aliphatic heterocycles. The van der Waals surface area contributed by atoms with Crippen molar-refractivity contribution in [2.45, 2.75) is 26.3 Å². The van der Waals surface area contributed by atoms with Crippen LogP contribution in [0.2, 0.25) is 0 Å². The Bertz CT molecular complexity index is 413. The molecule has 5 nitrogen and oxygen atoms in total. The molecule has 2 rings (SSSR count). The summed E-state index contributed by atoms with van der Waals surface area (Å²) in [5.41, 5.74) is 1.57. The fraction of sp³-hybridized carbons (Fsp3) is 0.667. The second-order valence-electron chi connectivity index (χ2n) is 4.73. The Morgan fingerprint density at radius 2 is 2.41 bits per heavy atom. The number of hydrogen-bond donors (Lipinski definition) is 2. The third kappa shape index (κ3) is 2.49. The summed E-state index contributed by atoms with van der Waals surface area (Å²) in [6, 6.07) is 0.229. The van der Waals surface area contributed by atoms with Gasteiger partial charge in [0.15, 0.2) is 0 Å². The van der Waals surface area contributed by atoms with Gasteiger partial charge in [0.2, 0.25) is 0 Å². The lowest BCUT2D eigenvalue weighted by Crippen LogP contribution is -2.39. The standard InChI is InChI=1S/C12H20N4O/c1-4-10-9(7-16(3)15-10)12(17)14-11-6-13-5-8(11)2/h7-8,11,13H,4-6H2,1-3H3,(H,14,17). The number of amides is 1. The van der Waals surface area contributed by atoms with Crippen LogP contribution in [0.4, 0.5) is 0 Å². The lowest BCUT2D eigenvalue weighted by molar-refractivity contribution is 0.0932. The van der Waals surface area contributed by atoms with Gasteiger partial charge < -0.3 is 10.6 Å². The molecule has 1 aromatic heterocycles. The van der Waals surface area contributed by atoms with Crippen molar-refractivity contribution >= 4 is 5.91 Å². The van der Waals surface area contributed by atoms with Gasteiger partial charge in [-0.25, -0.2) is 0 Å². The third-order valence-electron chi connectivity index (χ3n) is 3.32. The molecular weight excluding hydrogens is 216 g/mol. The molecule has 1 amide bonds. The van der Waals surface area contributed by atoms with Crippen LogP contribution in [0.1, 0.15) is 29.9 Å². The first kappa shape index (κ1) is 12.1. The maximum atomic E-state index is 12.1. The summed E-state index contributed by atoms with van der Waals surface area (Å²) in [4.78, 5) is 12.1. The summed E-state index contributed by atoms with van der Waals surface area (Å²) in [6.07, 6.45) is 2.57.